The number of carbonyl (C=O) groups is 2. The molecule has 1 aromatic heterocycles. The number of H-pyrrole nitrogens is 1. The first kappa shape index (κ1) is 20.4. The molecule has 0 spiro atoms. The Hall–Kier alpha value is -1.95. The standard InChI is InChI=1S/C20H31N3O3/c1-12(2)7-13(11-23(5)6)21-18(25)15-8-14-16(22-19(15)26)9-20(3,4)10-17(14)24/h8,12-13H,7,9-11H2,1-6H3,(H,21,25)(H,22,26). The number of pyridine rings is 1. The van der Waals surface area contributed by atoms with Crippen LogP contribution in [0.4, 0.5) is 0 Å². The molecule has 26 heavy (non-hydrogen) atoms. The van der Waals surface area contributed by atoms with Gasteiger partial charge in [-0.05, 0) is 44.3 Å². The first-order chi connectivity index (χ1) is 12.0. The number of rotatable bonds is 6. The molecular formula is C20H31N3O3. The number of ketones is 1. The van der Waals surface area contributed by atoms with Gasteiger partial charge < -0.3 is 15.2 Å². The molecule has 0 bridgehead atoms. The van der Waals surface area contributed by atoms with Crippen LogP contribution in [0, 0.1) is 11.3 Å². The molecule has 0 fully saturated rings. The van der Waals surface area contributed by atoms with E-state index in [2.05, 4.69) is 24.1 Å². The largest absolute Gasteiger partial charge is 0.348 e. The van der Waals surface area contributed by atoms with Gasteiger partial charge in [-0.1, -0.05) is 27.7 Å². The van der Waals surface area contributed by atoms with Crippen LogP contribution in [0.25, 0.3) is 0 Å². The second-order valence-electron chi connectivity index (χ2n) is 8.91. The molecule has 1 heterocycles. The third-order valence-corrected chi connectivity index (χ3v) is 4.64. The van der Waals surface area contributed by atoms with Gasteiger partial charge in [-0.15, -0.1) is 0 Å². The van der Waals surface area contributed by atoms with Crippen LogP contribution < -0.4 is 10.9 Å². The summed E-state index contributed by atoms with van der Waals surface area (Å²) in [7, 11) is 3.90. The summed E-state index contributed by atoms with van der Waals surface area (Å²) in [5, 5.41) is 2.96. The molecule has 1 unspecified atom stereocenters. The van der Waals surface area contributed by atoms with Crippen LogP contribution in [-0.4, -0.2) is 48.3 Å². The molecule has 0 aliphatic heterocycles. The van der Waals surface area contributed by atoms with Gasteiger partial charge in [0.2, 0.25) is 0 Å². The zero-order chi connectivity index (χ0) is 19.6. The Morgan fingerprint density at radius 3 is 2.50 bits per heavy atom. The highest BCUT2D eigenvalue weighted by Gasteiger charge is 2.32. The minimum absolute atomic E-state index is 0.0179. The first-order valence-corrected chi connectivity index (χ1v) is 9.23. The van der Waals surface area contributed by atoms with E-state index in [1.54, 1.807) is 0 Å². The number of aromatic nitrogens is 1. The van der Waals surface area contributed by atoms with Crippen LogP contribution in [0.15, 0.2) is 10.9 Å². The Morgan fingerprint density at radius 1 is 1.27 bits per heavy atom. The quantitative estimate of drug-likeness (QED) is 0.814. The Bertz CT molecular complexity index is 737. The minimum atomic E-state index is -0.431. The van der Waals surface area contributed by atoms with E-state index >= 15 is 0 Å². The lowest BCUT2D eigenvalue weighted by Crippen LogP contribution is -2.44. The van der Waals surface area contributed by atoms with Gasteiger partial charge in [-0.2, -0.15) is 0 Å². The second kappa shape index (κ2) is 7.74. The maximum absolute atomic E-state index is 12.7. The number of aromatic amines is 1. The predicted octanol–water partition coefficient (Wildman–Crippen LogP) is 2.24. The number of Topliss-reactive ketones (excluding diaryl/α,β-unsaturated/α-hetero) is 1. The molecule has 1 amide bonds. The van der Waals surface area contributed by atoms with Gasteiger partial charge in [-0.25, -0.2) is 0 Å². The molecular weight excluding hydrogens is 330 g/mol. The summed E-state index contributed by atoms with van der Waals surface area (Å²) in [6.07, 6.45) is 1.87. The summed E-state index contributed by atoms with van der Waals surface area (Å²) in [6, 6.07) is 1.42. The highest BCUT2D eigenvalue weighted by molar-refractivity contribution is 6.02. The summed E-state index contributed by atoms with van der Waals surface area (Å²) in [4.78, 5) is 42.4. The van der Waals surface area contributed by atoms with E-state index in [0.29, 0.717) is 36.6 Å². The van der Waals surface area contributed by atoms with Crippen LogP contribution in [0.5, 0.6) is 0 Å². The van der Waals surface area contributed by atoms with Gasteiger partial charge in [-0.3, -0.25) is 14.4 Å². The molecule has 0 saturated carbocycles. The lowest BCUT2D eigenvalue weighted by molar-refractivity contribution is 0.0910. The van der Waals surface area contributed by atoms with Crippen molar-refractivity contribution in [1.82, 2.24) is 15.2 Å². The number of nitrogens with zero attached hydrogens (tertiary/aromatic N) is 1. The molecule has 1 aromatic rings. The number of fused-ring (bicyclic) bond motifs is 1. The van der Waals surface area contributed by atoms with Gasteiger partial charge in [0.15, 0.2) is 5.78 Å². The van der Waals surface area contributed by atoms with Crippen molar-refractivity contribution in [3.05, 3.63) is 33.2 Å². The van der Waals surface area contributed by atoms with Crippen molar-refractivity contribution >= 4 is 11.7 Å². The topological polar surface area (TPSA) is 82.3 Å². The Labute approximate surface area is 155 Å². The average Bonchev–Trinajstić information content (AvgIpc) is 2.43. The molecule has 6 heteroatoms. The zero-order valence-corrected chi connectivity index (χ0v) is 16.7. The summed E-state index contributed by atoms with van der Waals surface area (Å²) in [6.45, 7) is 8.90. The smallest absolute Gasteiger partial charge is 0.261 e. The fourth-order valence-electron chi connectivity index (χ4n) is 3.65. The van der Waals surface area contributed by atoms with Crippen LogP contribution in [0.1, 0.15) is 66.9 Å². The van der Waals surface area contributed by atoms with Gasteiger partial charge in [0.05, 0.1) is 0 Å². The average molecular weight is 361 g/mol. The minimum Gasteiger partial charge on any atom is -0.348 e. The van der Waals surface area contributed by atoms with Crippen molar-refractivity contribution in [2.45, 2.75) is 53.0 Å². The second-order valence-corrected chi connectivity index (χ2v) is 8.91. The summed E-state index contributed by atoms with van der Waals surface area (Å²) in [5.74, 6) is -0.0152. The molecule has 1 atom stereocenters. The first-order valence-electron chi connectivity index (χ1n) is 9.23. The fraction of sp³-hybridized carbons (Fsp3) is 0.650. The molecule has 144 valence electrons. The third-order valence-electron chi connectivity index (χ3n) is 4.64. The molecule has 1 aliphatic carbocycles. The number of likely N-dealkylation sites (N-methyl/N-ethyl adjacent to an activating group) is 1. The van der Waals surface area contributed by atoms with Gasteiger partial charge in [0.1, 0.15) is 5.56 Å². The Morgan fingerprint density at radius 2 is 1.92 bits per heavy atom. The molecule has 0 aromatic carbocycles. The van der Waals surface area contributed by atoms with Crippen LogP contribution in [0.2, 0.25) is 0 Å². The van der Waals surface area contributed by atoms with Crippen molar-refractivity contribution in [2.75, 3.05) is 20.6 Å². The van der Waals surface area contributed by atoms with E-state index in [0.717, 1.165) is 6.42 Å². The molecule has 6 nitrogen and oxygen atoms in total. The number of amides is 1. The Kier molecular flexibility index (Phi) is 6.06. The molecule has 2 N–H and O–H groups in total. The van der Waals surface area contributed by atoms with E-state index in [1.807, 2.05) is 32.8 Å². The van der Waals surface area contributed by atoms with E-state index in [9.17, 15) is 14.4 Å². The lowest BCUT2D eigenvalue weighted by atomic mass is 9.75. The van der Waals surface area contributed by atoms with Crippen molar-refractivity contribution in [3.8, 4) is 0 Å². The maximum Gasteiger partial charge on any atom is 0.261 e. The van der Waals surface area contributed by atoms with E-state index in [-0.39, 0.29) is 22.8 Å². The summed E-state index contributed by atoms with van der Waals surface area (Å²) < 4.78 is 0. The van der Waals surface area contributed by atoms with E-state index in [1.165, 1.54) is 6.07 Å². The van der Waals surface area contributed by atoms with Crippen LogP contribution in [0.3, 0.4) is 0 Å². The maximum atomic E-state index is 12.7. The normalized spacial score (nSPS) is 17.3. The number of hydrogen-bond acceptors (Lipinski definition) is 4. The summed E-state index contributed by atoms with van der Waals surface area (Å²) in [5.41, 5.74) is 0.524. The van der Waals surface area contributed by atoms with E-state index in [4.69, 9.17) is 0 Å². The van der Waals surface area contributed by atoms with Crippen molar-refractivity contribution < 1.29 is 9.59 Å². The van der Waals surface area contributed by atoms with Gasteiger partial charge in [0.25, 0.3) is 11.5 Å². The molecule has 1 aliphatic rings. The monoisotopic (exact) mass is 361 g/mol. The SMILES string of the molecule is CC(C)CC(CN(C)C)NC(=O)c1cc2c([nH]c1=O)CC(C)(C)CC2=O. The summed E-state index contributed by atoms with van der Waals surface area (Å²) >= 11 is 0. The molecule has 0 radical (unpaired) electrons. The predicted molar refractivity (Wildman–Crippen MR) is 103 cm³/mol. The highest BCUT2D eigenvalue weighted by Crippen LogP contribution is 2.33. The van der Waals surface area contributed by atoms with Crippen molar-refractivity contribution in [2.24, 2.45) is 11.3 Å². The fourth-order valence-corrected chi connectivity index (χ4v) is 3.65. The zero-order valence-electron chi connectivity index (χ0n) is 16.7. The number of nitrogens with one attached hydrogen (secondary N) is 2. The van der Waals surface area contributed by atoms with Crippen molar-refractivity contribution in [3.63, 3.8) is 0 Å². The molecule has 0 saturated heterocycles. The number of carbonyl (C=O) groups excluding carboxylic acids is 2. The third kappa shape index (κ3) is 5.04. The van der Waals surface area contributed by atoms with E-state index < -0.39 is 11.5 Å². The van der Waals surface area contributed by atoms with Gasteiger partial charge in [0, 0.05) is 30.3 Å². The molecule has 2 rings (SSSR count). The lowest BCUT2D eigenvalue weighted by Gasteiger charge is -2.30. The Balaban J connectivity index is 2.28. The van der Waals surface area contributed by atoms with Crippen LogP contribution >= 0.6 is 0 Å². The highest BCUT2D eigenvalue weighted by atomic mass is 16.2. The van der Waals surface area contributed by atoms with Crippen LogP contribution in [-0.2, 0) is 6.42 Å². The van der Waals surface area contributed by atoms with Gasteiger partial charge >= 0.3 is 0 Å². The van der Waals surface area contributed by atoms with Crippen molar-refractivity contribution in [1.29, 1.82) is 0 Å². The number of hydrogen-bond donors (Lipinski definition) is 2.